The van der Waals surface area contributed by atoms with Gasteiger partial charge in [0.25, 0.3) is 0 Å². The van der Waals surface area contributed by atoms with Crippen LogP contribution in [0.3, 0.4) is 0 Å². The van der Waals surface area contributed by atoms with Gasteiger partial charge in [0.1, 0.15) is 0 Å². The maximum absolute atomic E-state index is 4.74. The van der Waals surface area contributed by atoms with Crippen LogP contribution in [0.25, 0.3) is 5.69 Å². The molecule has 0 atom stereocenters. The normalized spacial score (nSPS) is 15.2. The number of benzene rings is 1. The van der Waals surface area contributed by atoms with Crippen molar-refractivity contribution in [3.8, 4) is 5.69 Å². The molecule has 27 heavy (non-hydrogen) atoms. The number of hydrogen-bond donors (Lipinski definition) is 2. The average Bonchev–Trinajstić information content (AvgIpc) is 3.22. The van der Waals surface area contributed by atoms with E-state index in [1.807, 2.05) is 16.9 Å². The summed E-state index contributed by atoms with van der Waals surface area (Å²) in [5, 5.41) is 11.1. The second-order valence-corrected chi connectivity index (χ2v) is 6.64. The van der Waals surface area contributed by atoms with Crippen LogP contribution >= 0.6 is 24.0 Å². The van der Waals surface area contributed by atoms with Gasteiger partial charge < -0.3 is 15.5 Å². The highest BCUT2D eigenvalue weighted by atomic mass is 127. The van der Waals surface area contributed by atoms with Crippen LogP contribution in [0, 0.1) is 0 Å². The first-order valence-electron chi connectivity index (χ1n) is 9.68. The van der Waals surface area contributed by atoms with E-state index in [-0.39, 0.29) is 24.0 Å². The zero-order chi connectivity index (χ0) is 18.0. The highest BCUT2D eigenvalue weighted by molar-refractivity contribution is 14.0. The van der Waals surface area contributed by atoms with Crippen molar-refractivity contribution in [3.05, 3.63) is 48.3 Å². The third-order valence-corrected chi connectivity index (χ3v) is 4.61. The van der Waals surface area contributed by atoms with E-state index in [4.69, 9.17) is 4.99 Å². The molecule has 3 rings (SSSR count). The summed E-state index contributed by atoms with van der Waals surface area (Å²) < 4.78 is 1.87. The Morgan fingerprint density at radius 2 is 2.00 bits per heavy atom. The van der Waals surface area contributed by atoms with Crippen molar-refractivity contribution in [2.75, 3.05) is 32.7 Å². The van der Waals surface area contributed by atoms with Gasteiger partial charge in [0.15, 0.2) is 5.96 Å². The molecular weight excluding hydrogens is 451 g/mol. The molecule has 0 bridgehead atoms. The molecule has 1 aromatic carbocycles. The van der Waals surface area contributed by atoms with Gasteiger partial charge in [0.2, 0.25) is 0 Å². The highest BCUT2D eigenvalue weighted by Gasteiger charge is 2.09. The van der Waals surface area contributed by atoms with Gasteiger partial charge in [-0.1, -0.05) is 18.6 Å². The fourth-order valence-electron chi connectivity index (χ4n) is 3.25. The lowest BCUT2D eigenvalue weighted by Gasteiger charge is -2.26. The summed E-state index contributed by atoms with van der Waals surface area (Å²) in [7, 11) is 0. The summed E-state index contributed by atoms with van der Waals surface area (Å²) in [5.41, 5.74) is 2.23. The number of likely N-dealkylation sites (tertiary alicyclic amines) is 1. The Morgan fingerprint density at radius 1 is 1.15 bits per heavy atom. The van der Waals surface area contributed by atoms with E-state index in [2.05, 4.69) is 51.8 Å². The predicted octanol–water partition coefficient (Wildman–Crippen LogP) is 3.03. The van der Waals surface area contributed by atoms with Crippen LogP contribution in [0.1, 0.15) is 31.7 Å². The molecule has 1 fully saturated rings. The molecule has 0 amide bonds. The van der Waals surface area contributed by atoms with Gasteiger partial charge in [-0.15, -0.1) is 24.0 Å². The van der Waals surface area contributed by atoms with Gasteiger partial charge >= 0.3 is 0 Å². The number of aliphatic imine (C=N–C) groups is 1. The van der Waals surface area contributed by atoms with Crippen LogP contribution in [-0.4, -0.2) is 53.4 Å². The van der Waals surface area contributed by atoms with Crippen molar-refractivity contribution < 1.29 is 0 Å². The quantitative estimate of drug-likeness (QED) is 0.362. The molecule has 2 N–H and O–H groups in total. The lowest BCUT2D eigenvalue weighted by molar-refractivity contribution is 0.232. The molecule has 2 heterocycles. The van der Waals surface area contributed by atoms with Crippen molar-refractivity contribution in [1.82, 2.24) is 25.3 Å². The molecule has 7 heteroatoms. The van der Waals surface area contributed by atoms with Crippen molar-refractivity contribution in [2.45, 2.75) is 32.7 Å². The number of rotatable bonds is 7. The van der Waals surface area contributed by atoms with Crippen molar-refractivity contribution in [3.63, 3.8) is 0 Å². The molecular formula is C20H31IN6. The summed E-state index contributed by atoms with van der Waals surface area (Å²) in [4.78, 5) is 7.27. The molecule has 2 aromatic rings. The Kier molecular flexibility index (Phi) is 9.61. The Morgan fingerprint density at radius 3 is 2.74 bits per heavy atom. The lowest BCUT2D eigenvalue weighted by Crippen LogP contribution is -2.42. The van der Waals surface area contributed by atoms with E-state index in [1.54, 1.807) is 6.20 Å². The summed E-state index contributed by atoms with van der Waals surface area (Å²) >= 11 is 0. The SMILES string of the molecule is CCNC(=NCc1cccc(-n2cccn2)c1)NCCN1CCCCC1.I. The molecule has 1 aromatic heterocycles. The molecule has 0 unspecified atom stereocenters. The third-order valence-electron chi connectivity index (χ3n) is 4.61. The number of piperidine rings is 1. The zero-order valence-electron chi connectivity index (χ0n) is 16.1. The smallest absolute Gasteiger partial charge is 0.191 e. The highest BCUT2D eigenvalue weighted by Crippen LogP contribution is 2.10. The molecule has 1 aliphatic heterocycles. The lowest BCUT2D eigenvalue weighted by atomic mass is 10.1. The van der Waals surface area contributed by atoms with Gasteiger partial charge in [-0.2, -0.15) is 5.10 Å². The summed E-state index contributed by atoms with van der Waals surface area (Å²) in [6.07, 6.45) is 7.79. The summed E-state index contributed by atoms with van der Waals surface area (Å²) in [6.45, 7) is 8.08. The third kappa shape index (κ3) is 7.14. The van der Waals surface area contributed by atoms with Crippen LogP contribution < -0.4 is 10.6 Å². The van der Waals surface area contributed by atoms with Crippen LogP contribution in [0.15, 0.2) is 47.7 Å². The van der Waals surface area contributed by atoms with Gasteiger partial charge in [0, 0.05) is 32.0 Å². The molecule has 1 saturated heterocycles. The van der Waals surface area contributed by atoms with Gasteiger partial charge in [0.05, 0.1) is 12.2 Å². The standard InChI is InChI=1S/C20H30N6.HI/c1-2-21-20(22-11-15-25-12-4-3-5-13-25)23-17-18-8-6-9-19(16-18)26-14-7-10-24-26;/h6-10,14,16H,2-5,11-13,15,17H2,1H3,(H2,21,22,23);1H. The van der Waals surface area contributed by atoms with Crippen LogP contribution in [0.5, 0.6) is 0 Å². The predicted molar refractivity (Wildman–Crippen MR) is 122 cm³/mol. The van der Waals surface area contributed by atoms with Crippen molar-refractivity contribution in [1.29, 1.82) is 0 Å². The van der Waals surface area contributed by atoms with E-state index in [1.165, 1.54) is 37.9 Å². The van der Waals surface area contributed by atoms with Crippen molar-refractivity contribution in [2.24, 2.45) is 4.99 Å². The largest absolute Gasteiger partial charge is 0.357 e. The van der Waals surface area contributed by atoms with Crippen LogP contribution in [0.2, 0.25) is 0 Å². The molecule has 0 spiro atoms. The second kappa shape index (κ2) is 12.0. The van der Waals surface area contributed by atoms with E-state index in [9.17, 15) is 0 Å². The first kappa shape index (κ1) is 21.7. The summed E-state index contributed by atoms with van der Waals surface area (Å²) in [6, 6.07) is 10.3. The number of guanidine groups is 1. The van der Waals surface area contributed by atoms with Crippen LogP contribution in [-0.2, 0) is 6.54 Å². The molecule has 148 valence electrons. The fraction of sp³-hybridized carbons (Fsp3) is 0.500. The first-order valence-corrected chi connectivity index (χ1v) is 9.68. The Balaban J connectivity index is 0.00000261. The first-order chi connectivity index (χ1) is 12.8. The monoisotopic (exact) mass is 482 g/mol. The maximum atomic E-state index is 4.74. The van der Waals surface area contributed by atoms with Crippen molar-refractivity contribution >= 4 is 29.9 Å². The molecule has 0 saturated carbocycles. The number of nitrogens with one attached hydrogen (secondary N) is 2. The number of hydrogen-bond acceptors (Lipinski definition) is 3. The minimum Gasteiger partial charge on any atom is -0.357 e. The van der Waals surface area contributed by atoms with E-state index in [0.29, 0.717) is 6.54 Å². The van der Waals surface area contributed by atoms with E-state index >= 15 is 0 Å². The molecule has 6 nitrogen and oxygen atoms in total. The topological polar surface area (TPSA) is 57.5 Å². The second-order valence-electron chi connectivity index (χ2n) is 6.64. The summed E-state index contributed by atoms with van der Waals surface area (Å²) in [5.74, 6) is 0.883. The number of nitrogens with zero attached hydrogens (tertiary/aromatic N) is 4. The number of aromatic nitrogens is 2. The minimum absolute atomic E-state index is 0. The van der Waals surface area contributed by atoms with Crippen LogP contribution in [0.4, 0.5) is 0 Å². The Bertz CT molecular complexity index is 680. The zero-order valence-corrected chi connectivity index (χ0v) is 18.4. The Labute approximate surface area is 179 Å². The molecule has 1 aliphatic rings. The fourth-order valence-corrected chi connectivity index (χ4v) is 3.25. The van der Waals surface area contributed by atoms with E-state index in [0.717, 1.165) is 31.3 Å². The number of halogens is 1. The van der Waals surface area contributed by atoms with Gasteiger partial charge in [-0.3, -0.25) is 0 Å². The average molecular weight is 482 g/mol. The van der Waals surface area contributed by atoms with E-state index < -0.39 is 0 Å². The van der Waals surface area contributed by atoms with Gasteiger partial charge in [-0.05, 0) is 56.6 Å². The minimum atomic E-state index is 0. The van der Waals surface area contributed by atoms with Gasteiger partial charge in [-0.25, -0.2) is 9.67 Å². The Hall–Kier alpha value is -1.61. The maximum Gasteiger partial charge on any atom is 0.191 e. The molecule has 0 radical (unpaired) electrons. The molecule has 0 aliphatic carbocycles.